The summed E-state index contributed by atoms with van der Waals surface area (Å²) in [5.41, 5.74) is 0. The normalized spacial score (nSPS) is 11.2. The molecule has 0 aliphatic heterocycles. The quantitative estimate of drug-likeness (QED) is 0.0488. The Morgan fingerprint density at radius 1 is 0.537 bits per heavy atom. The molecule has 0 spiro atoms. The highest BCUT2D eigenvalue weighted by Crippen LogP contribution is 2.15. The second kappa shape index (κ2) is 40.9. The predicted molar refractivity (Wildman–Crippen MR) is 226 cm³/mol. The molecule has 0 amide bonds. The van der Waals surface area contributed by atoms with Crippen molar-refractivity contribution in [2.24, 2.45) is 0 Å². The standard InChI is InChI=1S/2C20H38N2.2CH4O3S/c2*1-2-3-4-5-6-7-8-9-10-11-12-13-14-15-16-17-20-21-18-19-22-20;2*1-5(2,3)4/h2*18-19H,2-17H2,1H3,(H,21,22);2*1H3,(H,2,3,4). The minimum absolute atomic E-state index is 0.604. The Labute approximate surface area is 333 Å². The van der Waals surface area contributed by atoms with Crippen LogP contribution in [0.1, 0.15) is 218 Å². The van der Waals surface area contributed by atoms with E-state index in [0.717, 1.165) is 12.2 Å². The van der Waals surface area contributed by atoms with Crippen LogP contribution in [0.15, 0.2) is 24.8 Å². The Balaban J connectivity index is 0. The number of aryl methyl sites for hydroxylation is 2. The van der Waals surface area contributed by atoms with Crippen molar-refractivity contribution in [2.45, 2.75) is 219 Å². The number of hydrogen-bond acceptors (Lipinski definition) is 6. The van der Waals surface area contributed by atoms with E-state index in [0.29, 0.717) is 12.5 Å². The SMILES string of the molecule is CCCCCCCCCCCCCCCCCc1[nH]cc[nH+]1.CCCCCCCCCCCCCCCCCc1ncc[nH]1.CS(=O)(=O)O.CS(=O)(=O)[O-]. The minimum atomic E-state index is -3.92. The summed E-state index contributed by atoms with van der Waals surface area (Å²) in [5, 5.41) is 0. The van der Waals surface area contributed by atoms with Gasteiger partial charge in [0.05, 0.1) is 16.4 Å². The molecule has 0 radical (unpaired) electrons. The van der Waals surface area contributed by atoms with Gasteiger partial charge in [0.2, 0.25) is 0 Å². The maximum atomic E-state index is 9.19. The Morgan fingerprint density at radius 3 is 1.09 bits per heavy atom. The highest BCUT2D eigenvalue weighted by molar-refractivity contribution is 7.85. The highest BCUT2D eigenvalue weighted by atomic mass is 32.2. The second-order valence-corrected chi connectivity index (χ2v) is 17.8. The van der Waals surface area contributed by atoms with E-state index < -0.39 is 20.2 Å². The molecule has 0 aromatic carbocycles. The van der Waals surface area contributed by atoms with Crippen LogP contribution < -0.4 is 4.98 Å². The number of nitrogens with one attached hydrogen (secondary N) is 3. The van der Waals surface area contributed by atoms with Crippen molar-refractivity contribution < 1.29 is 30.9 Å². The molecule has 0 saturated carbocycles. The molecule has 0 bridgehead atoms. The molecule has 320 valence electrons. The molecular weight excluding hydrogens is 721 g/mol. The number of nitrogens with zero attached hydrogens (tertiary/aromatic N) is 1. The summed E-state index contributed by atoms with van der Waals surface area (Å²) in [7, 11) is -7.58. The zero-order valence-corrected chi connectivity index (χ0v) is 36.8. The minimum Gasteiger partial charge on any atom is -0.748 e. The molecular formula is C42H84N4O6S2. The van der Waals surface area contributed by atoms with Crippen molar-refractivity contribution in [3.05, 3.63) is 36.4 Å². The first kappa shape index (κ1) is 54.3. The second-order valence-electron chi connectivity index (χ2n) is 15.0. The molecule has 0 unspecified atom stereocenters. The fraction of sp³-hybridized carbons (Fsp3) is 0.857. The molecule has 54 heavy (non-hydrogen) atoms. The van der Waals surface area contributed by atoms with Gasteiger partial charge in [0.25, 0.3) is 15.9 Å². The highest BCUT2D eigenvalue weighted by Gasteiger charge is 2.01. The van der Waals surface area contributed by atoms with Crippen molar-refractivity contribution >= 4 is 20.2 Å². The lowest BCUT2D eigenvalue weighted by atomic mass is 10.0. The van der Waals surface area contributed by atoms with Gasteiger partial charge in [0.1, 0.15) is 18.2 Å². The summed E-state index contributed by atoms with van der Waals surface area (Å²) < 4.78 is 53.1. The molecule has 4 N–H and O–H groups in total. The van der Waals surface area contributed by atoms with E-state index in [4.69, 9.17) is 17.5 Å². The van der Waals surface area contributed by atoms with E-state index in [9.17, 15) is 8.42 Å². The van der Waals surface area contributed by atoms with Gasteiger partial charge in [-0.15, -0.1) is 0 Å². The van der Waals surface area contributed by atoms with Gasteiger partial charge in [-0.3, -0.25) is 4.55 Å². The topological polar surface area (TPSA) is 170 Å². The molecule has 2 aromatic heterocycles. The molecule has 10 nitrogen and oxygen atoms in total. The number of rotatable bonds is 32. The molecule has 0 fully saturated rings. The monoisotopic (exact) mass is 805 g/mol. The number of unbranched alkanes of at least 4 members (excludes halogenated alkanes) is 28. The summed E-state index contributed by atoms with van der Waals surface area (Å²) in [6, 6.07) is 0. The van der Waals surface area contributed by atoms with Crippen molar-refractivity contribution in [1.29, 1.82) is 0 Å². The van der Waals surface area contributed by atoms with Gasteiger partial charge in [0, 0.05) is 31.5 Å². The van der Waals surface area contributed by atoms with Crippen LogP contribution in [0, 0.1) is 0 Å². The average Bonchev–Trinajstić information content (AvgIpc) is 3.82. The molecule has 0 aliphatic carbocycles. The van der Waals surface area contributed by atoms with Crippen LogP contribution >= 0.6 is 0 Å². The summed E-state index contributed by atoms with van der Waals surface area (Å²) in [6.07, 6.45) is 54.2. The van der Waals surface area contributed by atoms with Crippen molar-refractivity contribution in [2.75, 3.05) is 12.5 Å². The van der Waals surface area contributed by atoms with Gasteiger partial charge in [-0.05, 0) is 12.8 Å². The molecule has 2 rings (SSSR count). The lowest BCUT2D eigenvalue weighted by Crippen LogP contribution is -2.05. The van der Waals surface area contributed by atoms with Crippen LogP contribution in [0.3, 0.4) is 0 Å². The number of hydrogen-bond donors (Lipinski definition) is 3. The largest absolute Gasteiger partial charge is 0.748 e. The average molecular weight is 805 g/mol. The van der Waals surface area contributed by atoms with Gasteiger partial charge in [-0.25, -0.2) is 23.4 Å². The van der Waals surface area contributed by atoms with E-state index in [1.807, 2.05) is 24.8 Å². The molecule has 0 saturated heterocycles. The van der Waals surface area contributed by atoms with Gasteiger partial charge in [-0.1, -0.05) is 194 Å². The van der Waals surface area contributed by atoms with Crippen LogP contribution in [0.5, 0.6) is 0 Å². The van der Waals surface area contributed by atoms with E-state index in [-0.39, 0.29) is 0 Å². The summed E-state index contributed by atoms with van der Waals surface area (Å²) >= 11 is 0. The van der Waals surface area contributed by atoms with E-state index in [2.05, 4.69) is 33.8 Å². The van der Waals surface area contributed by atoms with Crippen LogP contribution in [0.2, 0.25) is 0 Å². The van der Waals surface area contributed by atoms with E-state index in [1.54, 1.807) is 0 Å². The fourth-order valence-electron chi connectivity index (χ4n) is 6.24. The van der Waals surface area contributed by atoms with Crippen LogP contribution in [-0.4, -0.2) is 53.4 Å². The lowest BCUT2D eigenvalue weighted by molar-refractivity contribution is -0.388. The molecule has 2 aromatic rings. The van der Waals surface area contributed by atoms with Crippen molar-refractivity contribution in [3.63, 3.8) is 0 Å². The van der Waals surface area contributed by atoms with Gasteiger partial charge < -0.3 is 9.54 Å². The first-order chi connectivity index (χ1) is 25.9. The Morgan fingerprint density at radius 2 is 0.833 bits per heavy atom. The number of aromatic nitrogens is 4. The Hall–Kier alpha value is -1.76. The Kier molecular flexibility index (Phi) is 41.1. The van der Waals surface area contributed by atoms with Gasteiger partial charge >= 0.3 is 0 Å². The van der Waals surface area contributed by atoms with Crippen LogP contribution in [0.4, 0.5) is 0 Å². The third kappa shape index (κ3) is 57.0. The number of H-pyrrole nitrogens is 3. The maximum Gasteiger partial charge on any atom is 0.261 e. The Bertz CT molecular complexity index is 1080. The summed E-state index contributed by atoms with van der Waals surface area (Å²) in [5.74, 6) is 2.42. The third-order valence-corrected chi connectivity index (χ3v) is 9.20. The predicted octanol–water partition coefficient (Wildman–Crippen LogP) is 11.7. The zero-order valence-electron chi connectivity index (χ0n) is 35.2. The number of aromatic amines is 3. The molecule has 12 heteroatoms. The van der Waals surface area contributed by atoms with E-state index in [1.165, 1.54) is 205 Å². The summed E-state index contributed by atoms with van der Waals surface area (Å²) in [6.45, 7) is 4.58. The fourth-order valence-corrected chi connectivity index (χ4v) is 6.24. The molecule has 0 aliphatic rings. The van der Waals surface area contributed by atoms with Gasteiger partial charge in [-0.2, -0.15) is 8.42 Å². The van der Waals surface area contributed by atoms with Crippen LogP contribution in [-0.2, 0) is 33.1 Å². The third-order valence-electron chi connectivity index (χ3n) is 9.20. The first-order valence-electron chi connectivity index (χ1n) is 21.7. The summed E-state index contributed by atoms with van der Waals surface area (Å²) in [4.78, 5) is 13.9. The zero-order chi connectivity index (χ0) is 40.4. The first-order valence-corrected chi connectivity index (χ1v) is 25.4. The molecule has 2 heterocycles. The smallest absolute Gasteiger partial charge is 0.261 e. The molecule has 0 atom stereocenters. The maximum absolute atomic E-state index is 9.19. The van der Waals surface area contributed by atoms with Crippen LogP contribution in [0.25, 0.3) is 0 Å². The van der Waals surface area contributed by atoms with E-state index >= 15 is 0 Å². The van der Waals surface area contributed by atoms with Gasteiger partial charge in [0.15, 0.2) is 0 Å². The van der Waals surface area contributed by atoms with Crippen molar-refractivity contribution in [1.82, 2.24) is 15.0 Å². The van der Waals surface area contributed by atoms with Crippen molar-refractivity contribution in [3.8, 4) is 0 Å². The lowest BCUT2D eigenvalue weighted by Gasteiger charge is -2.03. The number of imidazole rings is 2.